The number of carbonyl (C=O) groups excluding carboxylic acids is 2. The molecule has 2 aliphatic rings. The first-order valence-electron chi connectivity index (χ1n) is 13.7. The van der Waals surface area contributed by atoms with E-state index in [2.05, 4.69) is 0 Å². The summed E-state index contributed by atoms with van der Waals surface area (Å²) in [4.78, 5) is 26.7. The van der Waals surface area contributed by atoms with Crippen LogP contribution in [0.4, 0.5) is 0 Å². The van der Waals surface area contributed by atoms with Crippen molar-refractivity contribution in [3.05, 3.63) is 95.6 Å². The number of aromatic nitrogens is 4. The second-order valence-corrected chi connectivity index (χ2v) is 9.66. The van der Waals surface area contributed by atoms with Crippen molar-refractivity contribution in [2.75, 3.05) is 13.2 Å². The van der Waals surface area contributed by atoms with Crippen molar-refractivity contribution < 1.29 is 28.5 Å². The van der Waals surface area contributed by atoms with Gasteiger partial charge in [-0.2, -0.15) is 10.2 Å². The number of ether oxygens (including phenoxy) is 4. The number of hydrogen-bond acceptors (Lipinski definition) is 8. The lowest BCUT2D eigenvalue weighted by Crippen LogP contribution is -2.14. The summed E-state index contributed by atoms with van der Waals surface area (Å²) in [5, 5.41) is 9.48. The van der Waals surface area contributed by atoms with Crippen LogP contribution in [0, 0.1) is 0 Å². The Morgan fingerprint density at radius 2 is 1.07 bits per heavy atom. The third kappa shape index (κ3) is 3.94. The Labute approximate surface area is 241 Å². The summed E-state index contributed by atoms with van der Waals surface area (Å²) in [5.74, 6) is 0.214. The number of para-hydroxylation sites is 4. The van der Waals surface area contributed by atoms with E-state index in [0.29, 0.717) is 56.5 Å². The fourth-order valence-electron chi connectivity index (χ4n) is 5.54. The minimum Gasteiger partial charge on any atom is -0.485 e. The normalized spacial score (nSPS) is 12.6. The fourth-order valence-corrected chi connectivity index (χ4v) is 5.54. The van der Waals surface area contributed by atoms with Crippen molar-refractivity contribution in [3.8, 4) is 45.1 Å². The molecule has 210 valence electrons. The van der Waals surface area contributed by atoms with Crippen molar-refractivity contribution in [1.29, 1.82) is 0 Å². The van der Waals surface area contributed by atoms with Crippen LogP contribution in [0.3, 0.4) is 0 Å². The number of rotatable bonds is 6. The molecule has 0 N–H and O–H groups in total. The van der Waals surface area contributed by atoms with Crippen LogP contribution in [0.15, 0.2) is 72.8 Å². The lowest BCUT2D eigenvalue weighted by molar-refractivity contribution is 0.0510. The zero-order valence-electron chi connectivity index (χ0n) is 23.0. The maximum Gasteiger partial charge on any atom is 0.359 e. The van der Waals surface area contributed by atoms with E-state index in [-0.39, 0.29) is 37.8 Å². The summed E-state index contributed by atoms with van der Waals surface area (Å²) < 4.78 is 26.5. The van der Waals surface area contributed by atoms with Crippen LogP contribution in [-0.4, -0.2) is 44.7 Å². The zero-order chi connectivity index (χ0) is 28.8. The summed E-state index contributed by atoms with van der Waals surface area (Å²) >= 11 is 0. The van der Waals surface area contributed by atoms with Crippen molar-refractivity contribution in [3.63, 3.8) is 0 Å². The summed E-state index contributed by atoms with van der Waals surface area (Å²) in [6.45, 7) is 4.25. The molecule has 0 spiro atoms. The van der Waals surface area contributed by atoms with E-state index in [1.807, 2.05) is 72.8 Å². The lowest BCUT2D eigenvalue weighted by atomic mass is 9.91. The standard InChI is InChI=1S/C32H26N4O6/c1-3-39-31(37)29-27(23-17-41-25-15-9-7-13-21(25)35(23)33-29)19-11-5-6-12-20(19)28-24-18-42-26-16-10-8-14-22(26)36(24)34-30(28)32(38)40-4-2/h5-16H,3-4,17-18H2,1-2H3. The second kappa shape index (κ2) is 10.2. The van der Waals surface area contributed by atoms with E-state index < -0.39 is 11.9 Å². The minimum atomic E-state index is -0.554. The number of hydrogen-bond donors (Lipinski definition) is 0. The highest BCUT2D eigenvalue weighted by Gasteiger charge is 2.35. The Hall–Kier alpha value is -5.38. The second-order valence-electron chi connectivity index (χ2n) is 9.66. The molecule has 0 atom stereocenters. The van der Waals surface area contributed by atoms with Gasteiger partial charge in [0.05, 0.1) is 24.6 Å². The molecule has 2 aliphatic heterocycles. The Kier molecular flexibility index (Phi) is 6.23. The van der Waals surface area contributed by atoms with Crippen molar-refractivity contribution in [1.82, 2.24) is 19.6 Å². The van der Waals surface area contributed by atoms with E-state index in [0.717, 1.165) is 0 Å². The molecule has 0 saturated carbocycles. The van der Waals surface area contributed by atoms with Gasteiger partial charge in [0, 0.05) is 11.1 Å². The van der Waals surface area contributed by atoms with Gasteiger partial charge in [0.1, 0.15) is 36.1 Å². The van der Waals surface area contributed by atoms with Crippen molar-refractivity contribution in [2.45, 2.75) is 27.1 Å². The molecule has 0 amide bonds. The zero-order valence-corrected chi connectivity index (χ0v) is 23.0. The Bertz CT molecular complexity index is 1740. The van der Waals surface area contributed by atoms with Gasteiger partial charge < -0.3 is 18.9 Å². The van der Waals surface area contributed by atoms with Gasteiger partial charge in [0.2, 0.25) is 0 Å². The van der Waals surface area contributed by atoms with E-state index in [1.165, 1.54) is 0 Å². The maximum absolute atomic E-state index is 13.3. The highest BCUT2D eigenvalue weighted by atomic mass is 16.5. The largest absolute Gasteiger partial charge is 0.485 e. The van der Waals surface area contributed by atoms with E-state index in [1.54, 1.807) is 23.2 Å². The van der Waals surface area contributed by atoms with Crippen LogP contribution >= 0.6 is 0 Å². The van der Waals surface area contributed by atoms with E-state index >= 15 is 0 Å². The van der Waals surface area contributed by atoms with Crippen LogP contribution in [0.5, 0.6) is 11.5 Å². The van der Waals surface area contributed by atoms with Crippen molar-refractivity contribution in [2.24, 2.45) is 0 Å². The van der Waals surface area contributed by atoms with Gasteiger partial charge in [0.15, 0.2) is 11.4 Å². The summed E-state index contributed by atoms with van der Waals surface area (Å²) in [5.41, 5.74) is 5.57. The average Bonchev–Trinajstić information content (AvgIpc) is 3.61. The molecule has 2 aromatic heterocycles. The highest BCUT2D eigenvalue weighted by Crippen LogP contribution is 2.44. The van der Waals surface area contributed by atoms with Gasteiger partial charge in [-0.25, -0.2) is 19.0 Å². The molecule has 7 rings (SSSR count). The molecule has 0 aliphatic carbocycles. The third-order valence-corrected chi connectivity index (χ3v) is 7.28. The third-order valence-electron chi connectivity index (χ3n) is 7.28. The SMILES string of the molecule is CCOC(=O)c1nn2c(c1-c1ccccc1-c1c(C(=O)OCC)nn3c1COc1ccccc1-3)COc1ccccc1-2. The summed E-state index contributed by atoms with van der Waals surface area (Å²) in [6, 6.07) is 22.6. The van der Waals surface area contributed by atoms with E-state index in [9.17, 15) is 9.59 Å². The molecule has 0 unspecified atom stereocenters. The molecule has 4 heterocycles. The van der Waals surface area contributed by atoms with E-state index in [4.69, 9.17) is 29.1 Å². The molecule has 10 nitrogen and oxygen atoms in total. The number of carbonyl (C=O) groups is 2. The van der Waals surface area contributed by atoms with Gasteiger partial charge in [-0.15, -0.1) is 0 Å². The topological polar surface area (TPSA) is 107 Å². The highest BCUT2D eigenvalue weighted by molar-refractivity contribution is 6.03. The smallest absolute Gasteiger partial charge is 0.359 e. The lowest BCUT2D eigenvalue weighted by Gasteiger charge is -2.21. The first kappa shape index (κ1) is 25.6. The Morgan fingerprint density at radius 3 is 1.50 bits per heavy atom. The minimum absolute atomic E-state index is 0.153. The van der Waals surface area contributed by atoms with Gasteiger partial charge in [-0.05, 0) is 49.2 Å². The molecular weight excluding hydrogens is 536 g/mol. The summed E-state index contributed by atoms with van der Waals surface area (Å²) in [7, 11) is 0. The van der Waals surface area contributed by atoms with Crippen LogP contribution in [0.2, 0.25) is 0 Å². The van der Waals surface area contributed by atoms with Gasteiger partial charge in [-0.1, -0.05) is 48.5 Å². The number of nitrogens with zero attached hydrogens (tertiary/aromatic N) is 4. The fraction of sp³-hybridized carbons (Fsp3) is 0.188. The number of benzene rings is 3. The van der Waals surface area contributed by atoms with Crippen LogP contribution in [0.1, 0.15) is 46.2 Å². The predicted molar refractivity (Wildman–Crippen MR) is 152 cm³/mol. The Balaban J connectivity index is 1.50. The number of fused-ring (bicyclic) bond motifs is 6. The maximum atomic E-state index is 13.3. The quantitative estimate of drug-likeness (QED) is 0.249. The number of esters is 2. The first-order valence-corrected chi connectivity index (χ1v) is 13.7. The van der Waals surface area contributed by atoms with Gasteiger partial charge in [0.25, 0.3) is 0 Å². The van der Waals surface area contributed by atoms with Gasteiger partial charge >= 0.3 is 11.9 Å². The first-order chi connectivity index (χ1) is 20.6. The predicted octanol–water partition coefficient (Wildman–Crippen LogP) is 5.53. The molecule has 10 heteroatoms. The molecule has 0 fully saturated rings. The van der Waals surface area contributed by atoms with Crippen LogP contribution < -0.4 is 9.47 Å². The molecule has 0 bridgehead atoms. The molecule has 0 radical (unpaired) electrons. The van der Waals surface area contributed by atoms with Crippen molar-refractivity contribution >= 4 is 11.9 Å². The average molecular weight is 563 g/mol. The molecule has 5 aromatic rings. The molecule has 42 heavy (non-hydrogen) atoms. The molecular formula is C32H26N4O6. The van der Waals surface area contributed by atoms with Crippen LogP contribution in [0.25, 0.3) is 33.6 Å². The summed E-state index contributed by atoms with van der Waals surface area (Å²) in [6.07, 6.45) is 0. The Morgan fingerprint density at radius 1 is 0.667 bits per heavy atom. The van der Waals surface area contributed by atoms with Crippen LogP contribution in [-0.2, 0) is 22.7 Å². The molecule has 3 aromatic carbocycles. The van der Waals surface area contributed by atoms with Gasteiger partial charge in [-0.3, -0.25) is 0 Å². The monoisotopic (exact) mass is 562 g/mol. The molecule has 0 saturated heterocycles.